The largest absolute Gasteiger partial charge is 0.343 e. The van der Waals surface area contributed by atoms with Crippen LogP contribution >= 0.6 is 11.3 Å². The first kappa shape index (κ1) is 13.6. The average Bonchev–Trinajstić information content (AvgIpc) is 3.08. The van der Waals surface area contributed by atoms with Crippen LogP contribution in [0.1, 0.15) is 37.5 Å². The summed E-state index contributed by atoms with van der Waals surface area (Å²) < 4.78 is 0. The Bertz CT molecular complexity index is 506. The number of rotatable bonds is 3. The molecule has 1 saturated heterocycles. The molecule has 108 valence electrons. The molecule has 1 aromatic rings. The third kappa shape index (κ3) is 2.14. The van der Waals surface area contributed by atoms with E-state index in [9.17, 15) is 9.59 Å². The predicted octanol–water partition coefficient (Wildman–Crippen LogP) is 1.95. The molecule has 1 saturated carbocycles. The van der Waals surface area contributed by atoms with Crippen molar-refractivity contribution in [2.45, 2.75) is 50.6 Å². The minimum Gasteiger partial charge on any atom is -0.343 e. The summed E-state index contributed by atoms with van der Waals surface area (Å²) in [5.74, 6) is 0.122. The highest BCUT2D eigenvalue weighted by molar-refractivity contribution is 7.09. The highest BCUT2D eigenvalue weighted by Crippen LogP contribution is 2.38. The van der Waals surface area contributed by atoms with E-state index in [1.54, 1.807) is 18.3 Å². The monoisotopic (exact) mass is 292 g/mol. The number of carbonyl (C=O) groups excluding carboxylic acids is 2. The summed E-state index contributed by atoms with van der Waals surface area (Å²) in [6, 6.07) is 3.72. The summed E-state index contributed by atoms with van der Waals surface area (Å²) in [5.41, 5.74) is -0.569. The molecule has 1 N–H and O–H groups in total. The lowest BCUT2D eigenvalue weighted by Crippen LogP contribution is -2.69. The van der Waals surface area contributed by atoms with Crippen molar-refractivity contribution in [2.75, 3.05) is 6.54 Å². The van der Waals surface area contributed by atoms with Crippen LogP contribution in [0.25, 0.3) is 0 Å². The van der Waals surface area contributed by atoms with Gasteiger partial charge in [0.1, 0.15) is 11.6 Å². The minimum absolute atomic E-state index is 0.0493. The molecule has 0 radical (unpaired) electrons. The summed E-state index contributed by atoms with van der Waals surface area (Å²) in [5, 5.41) is 4.91. The molecule has 4 nitrogen and oxygen atoms in total. The van der Waals surface area contributed by atoms with E-state index in [1.165, 1.54) is 4.88 Å². The van der Waals surface area contributed by atoms with E-state index in [-0.39, 0.29) is 11.8 Å². The Morgan fingerprint density at radius 1 is 1.40 bits per heavy atom. The molecule has 5 heteroatoms. The van der Waals surface area contributed by atoms with Crippen LogP contribution < -0.4 is 5.32 Å². The normalized spacial score (nSPS) is 25.2. The fourth-order valence-electron chi connectivity index (χ4n) is 3.42. The van der Waals surface area contributed by atoms with Crippen LogP contribution in [0.5, 0.6) is 0 Å². The van der Waals surface area contributed by atoms with Crippen LogP contribution in [0.2, 0.25) is 0 Å². The first-order valence-electron chi connectivity index (χ1n) is 7.28. The van der Waals surface area contributed by atoms with Crippen molar-refractivity contribution in [1.29, 1.82) is 0 Å². The summed E-state index contributed by atoms with van der Waals surface area (Å²) >= 11 is 1.71. The second-order valence-corrected chi connectivity index (χ2v) is 6.79. The van der Waals surface area contributed by atoms with Crippen LogP contribution in [-0.2, 0) is 16.0 Å². The van der Waals surface area contributed by atoms with E-state index in [0.717, 1.165) is 32.1 Å². The van der Waals surface area contributed by atoms with Crippen molar-refractivity contribution in [2.24, 2.45) is 0 Å². The van der Waals surface area contributed by atoms with E-state index < -0.39 is 11.6 Å². The molecule has 2 fully saturated rings. The van der Waals surface area contributed by atoms with E-state index in [4.69, 9.17) is 0 Å². The Kier molecular flexibility index (Phi) is 3.54. The van der Waals surface area contributed by atoms with Crippen molar-refractivity contribution >= 4 is 23.2 Å². The number of piperazine rings is 1. The highest BCUT2D eigenvalue weighted by atomic mass is 32.1. The SMILES string of the molecule is CC1NC(=O)C2(CCCC2)N(CCc2cccs2)C1=O. The molecule has 20 heavy (non-hydrogen) atoms. The van der Waals surface area contributed by atoms with Gasteiger partial charge in [-0.2, -0.15) is 0 Å². The third-order valence-corrected chi connectivity index (χ3v) is 5.45. The number of nitrogens with zero attached hydrogens (tertiary/aromatic N) is 1. The maximum atomic E-state index is 12.5. The fraction of sp³-hybridized carbons (Fsp3) is 0.600. The second-order valence-electron chi connectivity index (χ2n) is 5.75. The zero-order valence-corrected chi connectivity index (χ0v) is 12.5. The van der Waals surface area contributed by atoms with Gasteiger partial charge >= 0.3 is 0 Å². The lowest BCUT2D eigenvalue weighted by molar-refractivity contribution is -0.156. The highest BCUT2D eigenvalue weighted by Gasteiger charge is 2.52. The van der Waals surface area contributed by atoms with Gasteiger partial charge in [-0.05, 0) is 37.6 Å². The standard InChI is InChI=1S/C15H20N2O2S/c1-11-13(18)17(9-6-12-5-4-10-20-12)15(14(19)16-11)7-2-3-8-15/h4-5,10-11H,2-3,6-9H2,1H3,(H,16,19). The quantitative estimate of drug-likeness (QED) is 0.925. The van der Waals surface area contributed by atoms with Crippen molar-refractivity contribution < 1.29 is 9.59 Å². The molecular formula is C15H20N2O2S. The van der Waals surface area contributed by atoms with E-state index in [1.807, 2.05) is 16.3 Å². The predicted molar refractivity (Wildman–Crippen MR) is 78.5 cm³/mol. The van der Waals surface area contributed by atoms with Gasteiger partial charge in [0.25, 0.3) is 0 Å². The Labute approximate surface area is 123 Å². The first-order valence-corrected chi connectivity index (χ1v) is 8.16. The molecular weight excluding hydrogens is 272 g/mol. The van der Waals surface area contributed by atoms with Gasteiger partial charge < -0.3 is 10.2 Å². The number of nitrogens with one attached hydrogen (secondary N) is 1. The van der Waals surface area contributed by atoms with Crippen molar-refractivity contribution in [1.82, 2.24) is 10.2 Å². The number of amides is 2. The van der Waals surface area contributed by atoms with Gasteiger partial charge in [-0.3, -0.25) is 9.59 Å². The van der Waals surface area contributed by atoms with Gasteiger partial charge in [-0.15, -0.1) is 11.3 Å². The molecule has 2 heterocycles. The molecule has 1 aliphatic carbocycles. The van der Waals surface area contributed by atoms with Crippen LogP contribution in [0, 0.1) is 0 Å². The maximum Gasteiger partial charge on any atom is 0.246 e. The summed E-state index contributed by atoms with van der Waals surface area (Å²) in [6.07, 6.45) is 4.52. The Hall–Kier alpha value is -1.36. The topological polar surface area (TPSA) is 49.4 Å². The third-order valence-electron chi connectivity index (χ3n) is 4.52. The van der Waals surface area contributed by atoms with Crippen molar-refractivity contribution in [3.05, 3.63) is 22.4 Å². The van der Waals surface area contributed by atoms with Crippen molar-refractivity contribution in [3.63, 3.8) is 0 Å². The Morgan fingerprint density at radius 2 is 2.15 bits per heavy atom. The number of hydrogen-bond acceptors (Lipinski definition) is 3. The van der Waals surface area contributed by atoms with E-state index >= 15 is 0 Å². The van der Waals surface area contributed by atoms with Gasteiger partial charge in [0.15, 0.2) is 0 Å². The van der Waals surface area contributed by atoms with E-state index in [2.05, 4.69) is 11.4 Å². The molecule has 1 aliphatic heterocycles. The Morgan fingerprint density at radius 3 is 2.80 bits per heavy atom. The molecule has 1 unspecified atom stereocenters. The Balaban J connectivity index is 1.82. The van der Waals surface area contributed by atoms with Crippen LogP contribution in [0.15, 0.2) is 17.5 Å². The molecule has 0 aromatic carbocycles. The van der Waals surface area contributed by atoms with Crippen LogP contribution in [-0.4, -0.2) is 34.8 Å². The fourth-order valence-corrected chi connectivity index (χ4v) is 4.12. The average molecular weight is 292 g/mol. The van der Waals surface area contributed by atoms with Crippen LogP contribution in [0.4, 0.5) is 0 Å². The molecule has 2 amide bonds. The molecule has 0 bridgehead atoms. The lowest BCUT2D eigenvalue weighted by atomic mass is 9.89. The van der Waals surface area contributed by atoms with Crippen LogP contribution in [0.3, 0.4) is 0 Å². The number of carbonyl (C=O) groups is 2. The van der Waals surface area contributed by atoms with Gasteiger partial charge in [0.05, 0.1) is 0 Å². The number of thiophene rings is 1. The first-order chi connectivity index (χ1) is 9.63. The van der Waals surface area contributed by atoms with E-state index in [0.29, 0.717) is 6.54 Å². The number of hydrogen-bond donors (Lipinski definition) is 1. The summed E-state index contributed by atoms with van der Waals surface area (Å²) in [4.78, 5) is 28.1. The van der Waals surface area contributed by atoms with Gasteiger partial charge in [0.2, 0.25) is 11.8 Å². The zero-order chi connectivity index (χ0) is 14.2. The van der Waals surface area contributed by atoms with Gasteiger partial charge in [0, 0.05) is 11.4 Å². The summed E-state index contributed by atoms with van der Waals surface area (Å²) in [6.45, 7) is 2.43. The minimum atomic E-state index is -0.569. The molecule has 1 aromatic heterocycles. The molecule has 1 spiro atoms. The van der Waals surface area contributed by atoms with Gasteiger partial charge in [-0.1, -0.05) is 18.9 Å². The maximum absolute atomic E-state index is 12.5. The summed E-state index contributed by atoms with van der Waals surface area (Å²) in [7, 11) is 0. The van der Waals surface area contributed by atoms with Crippen molar-refractivity contribution in [3.8, 4) is 0 Å². The second kappa shape index (κ2) is 5.20. The molecule has 1 atom stereocenters. The zero-order valence-electron chi connectivity index (χ0n) is 11.7. The molecule has 3 rings (SSSR count). The lowest BCUT2D eigenvalue weighted by Gasteiger charge is -2.45. The smallest absolute Gasteiger partial charge is 0.246 e. The van der Waals surface area contributed by atoms with Gasteiger partial charge in [-0.25, -0.2) is 0 Å². The molecule has 2 aliphatic rings.